The zero-order valence-electron chi connectivity index (χ0n) is 31.0. The summed E-state index contributed by atoms with van der Waals surface area (Å²) in [5.41, 5.74) is 0. The second kappa shape index (κ2) is 36.1. The molecule has 1 amide bonds. The van der Waals surface area contributed by atoms with Gasteiger partial charge >= 0.3 is 0 Å². The molecule has 0 aliphatic carbocycles. The Morgan fingerprint density at radius 1 is 0.532 bits per heavy atom. The predicted octanol–water partition coefficient (Wildman–Crippen LogP) is 10.0. The number of allylic oxidation sites excluding steroid dienone is 4. The number of aliphatic hydroxyl groups is 4. The second-order valence-corrected chi connectivity index (χ2v) is 14.0. The van der Waals surface area contributed by atoms with Crippen LogP contribution < -0.4 is 5.32 Å². The summed E-state index contributed by atoms with van der Waals surface area (Å²) >= 11 is 0. The molecular formula is C41H79NO5. The van der Waals surface area contributed by atoms with Crippen LogP contribution in [0.1, 0.15) is 200 Å². The van der Waals surface area contributed by atoms with E-state index < -0.39 is 36.9 Å². The van der Waals surface area contributed by atoms with Gasteiger partial charge in [-0.2, -0.15) is 0 Å². The van der Waals surface area contributed by atoms with Crippen LogP contribution in [-0.2, 0) is 4.79 Å². The van der Waals surface area contributed by atoms with Gasteiger partial charge in [-0.3, -0.25) is 4.79 Å². The molecular weight excluding hydrogens is 586 g/mol. The Morgan fingerprint density at radius 2 is 0.915 bits per heavy atom. The van der Waals surface area contributed by atoms with Crippen molar-refractivity contribution in [2.45, 2.75) is 224 Å². The topological polar surface area (TPSA) is 110 Å². The molecule has 5 N–H and O–H groups in total. The van der Waals surface area contributed by atoms with Gasteiger partial charge in [0.25, 0.3) is 0 Å². The fourth-order valence-corrected chi connectivity index (χ4v) is 6.14. The maximum Gasteiger partial charge on any atom is 0.249 e. The number of hydrogen-bond acceptors (Lipinski definition) is 5. The van der Waals surface area contributed by atoms with Gasteiger partial charge in [-0.05, 0) is 44.9 Å². The van der Waals surface area contributed by atoms with E-state index in [0.717, 1.165) is 57.8 Å². The van der Waals surface area contributed by atoms with E-state index in [1.54, 1.807) is 0 Å². The van der Waals surface area contributed by atoms with Crippen molar-refractivity contribution in [3.05, 3.63) is 24.3 Å². The number of aliphatic hydroxyl groups excluding tert-OH is 4. The van der Waals surface area contributed by atoms with Crippen molar-refractivity contribution in [3.8, 4) is 0 Å². The first-order chi connectivity index (χ1) is 23.0. The van der Waals surface area contributed by atoms with Gasteiger partial charge in [-0.1, -0.05) is 179 Å². The molecule has 0 aromatic heterocycles. The third-order valence-corrected chi connectivity index (χ3v) is 9.42. The van der Waals surface area contributed by atoms with Crippen LogP contribution in [0.2, 0.25) is 0 Å². The fraction of sp³-hybridized carbons (Fsp3) is 0.878. The SMILES string of the molecule is CCCCCCCCCCC/C=C\C/C=C\CCCCCCCCCCCCC(O)C(=O)NC(CO)C(O)C(O)CCCCCCC. The monoisotopic (exact) mass is 666 g/mol. The molecule has 0 saturated heterocycles. The summed E-state index contributed by atoms with van der Waals surface area (Å²) in [6.07, 6.45) is 39.7. The van der Waals surface area contributed by atoms with Gasteiger partial charge in [0.1, 0.15) is 12.2 Å². The van der Waals surface area contributed by atoms with Crippen molar-refractivity contribution in [1.82, 2.24) is 5.32 Å². The van der Waals surface area contributed by atoms with Crippen molar-refractivity contribution in [2.75, 3.05) is 6.61 Å². The minimum Gasteiger partial charge on any atom is -0.394 e. The van der Waals surface area contributed by atoms with Crippen LogP contribution in [0, 0.1) is 0 Å². The lowest BCUT2D eigenvalue weighted by Crippen LogP contribution is -2.53. The van der Waals surface area contributed by atoms with Crippen LogP contribution in [0.5, 0.6) is 0 Å². The zero-order valence-corrected chi connectivity index (χ0v) is 31.0. The highest BCUT2D eigenvalue weighted by Gasteiger charge is 2.28. The first kappa shape index (κ1) is 45.8. The van der Waals surface area contributed by atoms with Gasteiger partial charge < -0.3 is 25.7 Å². The highest BCUT2D eigenvalue weighted by molar-refractivity contribution is 5.80. The fourth-order valence-electron chi connectivity index (χ4n) is 6.14. The second-order valence-electron chi connectivity index (χ2n) is 14.0. The van der Waals surface area contributed by atoms with Gasteiger partial charge in [-0.15, -0.1) is 0 Å². The summed E-state index contributed by atoms with van der Waals surface area (Å²) in [6.45, 7) is 3.94. The number of nitrogens with one attached hydrogen (secondary N) is 1. The number of carbonyl (C=O) groups excluding carboxylic acids is 1. The van der Waals surface area contributed by atoms with Crippen LogP contribution >= 0.6 is 0 Å². The van der Waals surface area contributed by atoms with Gasteiger partial charge in [0.05, 0.1) is 18.8 Å². The third kappa shape index (κ3) is 30.6. The minimum absolute atomic E-state index is 0.365. The highest BCUT2D eigenvalue weighted by atomic mass is 16.3. The molecule has 0 saturated carbocycles. The van der Waals surface area contributed by atoms with Gasteiger partial charge in [-0.25, -0.2) is 0 Å². The van der Waals surface area contributed by atoms with Crippen molar-refractivity contribution in [3.63, 3.8) is 0 Å². The average molecular weight is 666 g/mol. The summed E-state index contributed by atoms with van der Waals surface area (Å²) in [5.74, 6) is -0.592. The number of unbranched alkanes of at least 4 members (excludes halogenated alkanes) is 23. The number of carbonyl (C=O) groups is 1. The summed E-state index contributed by atoms with van der Waals surface area (Å²) < 4.78 is 0. The van der Waals surface area contributed by atoms with E-state index >= 15 is 0 Å². The lowest BCUT2D eigenvalue weighted by atomic mass is 9.99. The largest absolute Gasteiger partial charge is 0.394 e. The number of hydrogen-bond donors (Lipinski definition) is 5. The zero-order chi connectivity index (χ0) is 34.6. The molecule has 0 aliphatic heterocycles. The lowest BCUT2D eigenvalue weighted by molar-refractivity contribution is -0.132. The van der Waals surface area contributed by atoms with Crippen molar-refractivity contribution < 1.29 is 25.2 Å². The molecule has 278 valence electrons. The number of rotatable bonds is 36. The van der Waals surface area contributed by atoms with Crippen LogP contribution in [0.15, 0.2) is 24.3 Å². The van der Waals surface area contributed by atoms with Crippen LogP contribution in [0.25, 0.3) is 0 Å². The summed E-state index contributed by atoms with van der Waals surface area (Å²) in [4.78, 5) is 12.4. The van der Waals surface area contributed by atoms with E-state index in [-0.39, 0.29) is 0 Å². The molecule has 47 heavy (non-hydrogen) atoms. The van der Waals surface area contributed by atoms with Crippen molar-refractivity contribution >= 4 is 5.91 Å². The average Bonchev–Trinajstić information content (AvgIpc) is 3.07. The van der Waals surface area contributed by atoms with E-state index in [0.29, 0.717) is 12.8 Å². The molecule has 6 nitrogen and oxygen atoms in total. The lowest BCUT2D eigenvalue weighted by Gasteiger charge is -2.27. The Morgan fingerprint density at radius 3 is 1.34 bits per heavy atom. The normalized spacial score (nSPS) is 14.6. The van der Waals surface area contributed by atoms with Gasteiger partial charge in [0.2, 0.25) is 5.91 Å². The summed E-state index contributed by atoms with van der Waals surface area (Å²) in [5, 5.41) is 43.0. The summed E-state index contributed by atoms with van der Waals surface area (Å²) in [6, 6.07) is -0.981. The molecule has 0 bridgehead atoms. The maximum atomic E-state index is 12.4. The standard InChI is InChI=1S/C41H79NO5/c1-3-5-7-9-10-11-12-13-14-15-16-17-18-19-20-21-22-23-24-25-26-27-28-29-31-33-35-39(45)41(47)42-37(36-43)40(46)38(44)34-32-30-8-6-4-2/h16-17,19-20,37-40,43-46H,3-15,18,21-36H2,1-2H3,(H,42,47)/b17-16-,20-19-. The minimum atomic E-state index is -1.25. The smallest absolute Gasteiger partial charge is 0.249 e. The highest BCUT2D eigenvalue weighted by Crippen LogP contribution is 2.15. The Kier molecular flexibility index (Phi) is 35.2. The molecule has 0 aromatic rings. The number of amides is 1. The summed E-state index contributed by atoms with van der Waals surface area (Å²) in [7, 11) is 0. The maximum absolute atomic E-state index is 12.4. The third-order valence-electron chi connectivity index (χ3n) is 9.42. The van der Waals surface area contributed by atoms with E-state index in [9.17, 15) is 25.2 Å². The molecule has 0 fully saturated rings. The molecule has 0 aliphatic rings. The van der Waals surface area contributed by atoms with Gasteiger partial charge in [0, 0.05) is 0 Å². The van der Waals surface area contributed by atoms with E-state index in [1.165, 1.54) is 116 Å². The quantitative estimate of drug-likeness (QED) is 0.0338. The van der Waals surface area contributed by atoms with E-state index in [4.69, 9.17) is 0 Å². The Labute approximate surface area is 291 Å². The molecule has 0 aromatic carbocycles. The van der Waals surface area contributed by atoms with Crippen molar-refractivity contribution in [1.29, 1.82) is 0 Å². The van der Waals surface area contributed by atoms with Crippen LogP contribution in [-0.4, -0.2) is 57.3 Å². The Hall–Kier alpha value is -1.21. The molecule has 4 unspecified atom stereocenters. The molecule has 0 spiro atoms. The molecule has 0 heterocycles. The first-order valence-corrected chi connectivity index (χ1v) is 20.2. The first-order valence-electron chi connectivity index (χ1n) is 20.2. The molecule has 4 atom stereocenters. The van der Waals surface area contributed by atoms with Crippen molar-refractivity contribution in [2.24, 2.45) is 0 Å². The van der Waals surface area contributed by atoms with Crippen LogP contribution in [0.3, 0.4) is 0 Å². The Balaban J connectivity index is 3.61. The van der Waals surface area contributed by atoms with Crippen LogP contribution in [0.4, 0.5) is 0 Å². The molecule has 0 radical (unpaired) electrons. The Bertz CT molecular complexity index is 712. The van der Waals surface area contributed by atoms with Gasteiger partial charge in [0.15, 0.2) is 0 Å². The predicted molar refractivity (Wildman–Crippen MR) is 201 cm³/mol. The van der Waals surface area contributed by atoms with E-state index in [1.807, 2.05) is 0 Å². The van der Waals surface area contributed by atoms with E-state index in [2.05, 4.69) is 43.5 Å². The molecule has 0 rings (SSSR count). The molecule has 6 heteroatoms.